The molecule has 0 bridgehead atoms. The summed E-state index contributed by atoms with van der Waals surface area (Å²) in [4.78, 5) is 39.6. The molecule has 1 fully saturated rings. The Hall–Kier alpha value is -3.09. The maximum atomic E-state index is 13.2. The highest BCUT2D eigenvalue weighted by molar-refractivity contribution is 6.11. The fraction of sp³-hybridized carbons (Fsp3) is 0.381. The molecular weight excluding hydrogens is 358 g/mol. The smallest absolute Gasteiger partial charge is 0.325 e. The molecule has 2 aromatic rings. The van der Waals surface area contributed by atoms with Crippen LogP contribution in [-0.2, 0) is 17.4 Å². The minimum Gasteiger partial charge on any atom is -0.497 e. The molecule has 148 valence electrons. The lowest BCUT2D eigenvalue weighted by Crippen LogP contribution is -2.43. The number of nitrogens with zero attached hydrogens (tertiary/aromatic N) is 2. The van der Waals surface area contributed by atoms with Crippen molar-refractivity contribution >= 4 is 17.7 Å². The van der Waals surface area contributed by atoms with Crippen LogP contribution in [0.15, 0.2) is 30.3 Å². The number of ether oxygens (including phenoxy) is 1. The van der Waals surface area contributed by atoms with Gasteiger partial charge in [0, 0.05) is 24.0 Å². The van der Waals surface area contributed by atoms with E-state index >= 15 is 0 Å². The number of imide groups is 1. The Kier molecular flexibility index (Phi) is 5.02. The average molecular weight is 383 g/mol. The van der Waals surface area contributed by atoms with Crippen molar-refractivity contribution in [1.29, 1.82) is 0 Å². The molecule has 0 spiro atoms. The van der Waals surface area contributed by atoms with E-state index in [4.69, 9.17) is 4.74 Å². The van der Waals surface area contributed by atoms with Crippen LogP contribution in [0, 0.1) is 13.8 Å². The van der Waals surface area contributed by atoms with Crippen molar-refractivity contribution in [3.8, 4) is 5.75 Å². The van der Waals surface area contributed by atoms with Gasteiger partial charge in [-0.25, -0.2) is 4.79 Å². The summed E-state index contributed by atoms with van der Waals surface area (Å²) in [5.41, 5.74) is 1.77. The second-order valence-electron chi connectivity index (χ2n) is 7.08. The van der Waals surface area contributed by atoms with Crippen LogP contribution in [0.3, 0.4) is 0 Å². The second-order valence-corrected chi connectivity index (χ2v) is 7.08. The summed E-state index contributed by atoms with van der Waals surface area (Å²) >= 11 is 0. The molecule has 1 aliphatic heterocycles. The number of hydrogen-bond donors (Lipinski definition) is 1. The predicted octanol–water partition coefficient (Wildman–Crippen LogP) is 2.69. The summed E-state index contributed by atoms with van der Waals surface area (Å²) in [7, 11) is 3.44. The lowest BCUT2D eigenvalue weighted by Gasteiger charge is -2.26. The van der Waals surface area contributed by atoms with Crippen molar-refractivity contribution in [1.82, 2.24) is 14.8 Å². The Bertz CT molecular complexity index is 945. The van der Waals surface area contributed by atoms with Crippen LogP contribution < -0.4 is 10.1 Å². The van der Waals surface area contributed by atoms with Gasteiger partial charge in [0.25, 0.3) is 5.91 Å². The topological polar surface area (TPSA) is 80.6 Å². The zero-order chi connectivity index (χ0) is 20.6. The van der Waals surface area contributed by atoms with Crippen molar-refractivity contribution in [3.63, 3.8) is 0 Å². The Morgan fingerprint density at radius 3 is 2.32 bits per heavy atom. The van der Waals surface area contributed by atoms with Crippen molar-refractivity contribution in [2.24, 2.45) is 7.05 Å². The second kappa shape index (κ2) is 7.14. The van der Waals surface area contributed by atoms with E-state index in [1.54, 1.807) is 37.4 Å². The molecule has 1 aromatic heterocycles. The molecule has 0 radical (unpaired) electrons. The van der Waals surface area contributed by atoms with Gasteiger partial charge < -0.3 is 14.6 Å². The van der Waals surface area contributed by atoms with Crippen LogP contribution >= 0.6 is 0 Å². The van der Waals surface area contributed by atoms with Crippen molar-refractivity contribution < 1.29 is 19.1 Å². The monoisotopic (exact) mass is 383 g/mol. The summed E-state index contributed by atoms with van der Waals surface area (Å²) < 4.78 is 7.07. The number of hydrogen-bond acceptors (Lipinski definition) is 4. The first-order chi connectivity index (χ1) is 13.2. The Morgan fingerprint density at radius 1 is 1.18 bits per heavy atom. The van der Waals surface area contributed by atoms with E-state index in [0.29, 0.717) is 23.3 Å². The molecule has 0 aliphatic carbocycles. The molecule has 1 saturated heterocycles. The first-order valence-corrected chi connectivity index (χ1v) is 9.20. The molecule has 0 unspecified atom stereocenters. The molecule has 3 rings (SSSR count). The third-order valence-corrected chi connectivity index (χ3v) is 5.67. The fourth-order valence-corrected chi connectivity index (χ4v) is 3.65. The number of rotatable bonds is 6. The summed E-state index contributed by atoms with van der Waals surface area (Å²) in [6.07, 6.45) is 0.373. The minimum absolute atomic E-state index is 0.258. The molecule has 3 amide bonds. The van der Waals surface area contributed by atoms with E-state index in [1.807, 2.05) is 32.4 Å². The van der Waals surface area contributed by atoms with Gasteiger partial charge in [0.05, 0.1) is 13.7 Å². The van der Waals surface area contributed by atoms with Crippen LogP contribution in [0.2, 0.25) is 0 Å². The maximum Gasteiger partial charge on any atom is 0.325 e. The number of Topliss-reactive ketones (excluding diaryl/α,β-unsaturated/α-hetero) is 1. The maximum absolute atomic E-state index is 13.2. The highest BCUT2D eigenvalue weighted by Crippen LogP contribution is 2.33. The van der Waals surface area contributed by atoms with E-state index in [2.05, 4.69) is 5.32 Å². The summed E-state index contributed by atoms with van der Waals surface area (Å²) in [5.74, 6) is -0.0103. The fourth-order valence-electron chi connectivity index (χ4n) is 3.65. The SMILES string of the molecule is CC[C@@]1(c2ccc(OC)cc2)NC(=O)N(CC(=O)c2cc(C)n(C)c2C)C1=O. The highest BCUT2D eigenvalue weighted by Gasteiger charge is 2.51. The van der Waals surface area contributed by atoms with Gasteiger partial charge in [0.2, 0.25) is 0 Å². The number of carbonyl (C=O) groups is 3. The number of benzene rings is 1. The van der Waals surface area contributed by atoms with Gasteiger partial charge in [0.15, 0.2) is 5.78 Å². The van der Waals surface area contributed by atoms with E-state index in [0.717, 1.165) is 16.3 Å². The number of aromatic nitrogens is 1. The molecule has 1 atom stereocenters. The number of aryl methyl sites for hydroxylation is 1. The van der Waals surface area contributed by atoms with E-state index in [-0.39, 0.29) is 12.3 Å². The summed E-state index contributed by atoms with van der Waals surface area (Å²) in [6.45, 7) is 5.30. The largest absolute Gasteiger partial charge is 0.497 e. The van der Waals surface area contributed by atoms with Crippen LogP contribution in [-0.4, -0.2) is 40.8 Å². The van der Waals surface area contributed by atoms with Crippen molar-refractivity contribution in [3.05, 3.63) is 52.8 Å². The van der Waals surface area contributed by atoms with Gasteiger partial charge >= 0.3 is 6.03 Å². The molecule has 2 heterocycles. The molecule has 7 heteroatoms. The van der Waals surface area contributed by atoms with Crippen molar-refractivity contribution in [2.75, 3.05) is 13.7 Å². The van der Waals surface area contributed by atoms with Crippen LogP contribution in [0.5, 0.6) is 5.75 Å². The predicted molar refractivity (Wildman–Crippen MR) is 104 cm³/mol. The quantitative estimate of drug-likeness (QED) is 0.614. The number of methoxy groups -OCH3 is 1. The highest BCUT2D eigenvalue weighted by atomic mass is 16.5. The molecule has 1 aliphatic rings. The van der Waals surface area contributed by atoms with Gasteiger partial charge in [-0.1, -0.05) is 19.1 Å². The number of ketones is 1. The lowest BCUT2D eigenvalue weighted by molar-refractivity contribution is -0.131. The minimum atomic E-state index is -1.18. The molecule has 1 aromatic carbocycles. The van der Waals surface area contributed by atoms with E-state index in [1.165, 1.54) is 0 Å². The molecule has 0 saturated carbocycles. The first kappa shape index (κ1) is 19.7. The number of nitrogens with one attached hydrogen (secondary N) is 1. The molecule has 1 N–H and O–H groups in total. The summed E-state index contributed by atoms with van der Waals surface area (Å²) in [5, 5.41) is 2.80. The van der Waals surface area contributed by atoms with Gasteiger partial charge in [0.1, 0.15) is 11.3 Å². The standard InChI is InChI=1S/C21H25N3O4/c1-6-21(15-7-9-16(28-5)10-8-15)19(26)24(20(27)22-21)12-18(25)17-11-13(2)23(4)14(17)3/h7-11H,6,12H2,1-5H3,(H,22,27)/t21-/m0/s1. The van der Waals surface area contributed by atoms with Crippen molar-refractivity contribution in [2.45, 2.75) is 32.7 Å². The lowest BCUT2D eigenvalue weighted by atomic mass is 9.87. The third kappa shape index (κ3) is 2.96. The number of carbonyl (C=O) groups excluding carboxylic acids is 3. The summed E-state index contributed by atoms with van der Waals surface area (Å²) in [6, 6.07) is 8.24. The molecule has 7 nitrogen and oxygen atoms in total. The van der Waals surface area contributed by atoms with Crippen LogP contribution in [0.4, 0.5) is 4.79 Å². The van der Waals surface area contributed by atoms with Crippen LogP contribution in [0.25, 0.3) is 0 Å². The number of urea groups is 1. The molecular formula is C21H25N3O4. The zero-order valence-electron chi connectivity index (χ0n) is 16.8. The Labute approximate surface area is 164 Å². The van der Waals surface area contributed by atoms with Gasteiger partial charge in [-0.15, -0.1) is 0 Å². The number of amides is 3. The molecule has 28 heavy (non-hydrogen) atoms. The van der Waals surface area contributed by atoms with Gasteiger partial charge in [-0.3, -0.25) is 14.5 Å². The third-order valence-electron chi connectivity index (χ3n) is 5.67. The normalized spacial score (nSPS) is 19.1. The van der Waals surface area contributed by atoms with E-state index in [9.17, 15) is 14.4 Å². The Balaban J connectivity index is 1.89. The average Bonchev–Trinajstić information content (AvgIpc) is 3.10. The van der Waals surface area contributed by atoms with Crippen LogP contribution in [0.1, 0.15) is 40.7 Å². The van der Waals surface area contributed by atoms with Gasteiger partial charge in [-0.05, 0) is 44.0 Å². The van der Waals surface area contributed by atoms with Gasteiger partial charge in [-0.2, -0.15) is 0 Å². The Morgan fingerprint density at radius 2 is 1.82 bits per heavy atom. The zero-order valence-corrected chi connectivity index (χ0v) is 16.8. The van der Waals surface area contributed by atoms with E-state index < -0.39 is 17.5 Å². The first-order valence-electron chi connectivity index (χ1n) is 9.20.